The van der Waals surface area contributed by atoms with Gasteiger partial charge in [0.15, 0.2) is 0 Å². The van der Waals surface area contributed by atoms with E-state index < -0.39 is 0 Å². The van der Waals surface area contributed by atoms with E-state index >= 15 is 0 Å². The zero-order valence-corrected chi connectivity index (χ0v) is 14.8. The van der Waals surface area contributed by atoms with Crippen LogP contribution in [0.2, 0.25) is 0 Å². The van der Waals surface area contributed by atoms with Crippen LogP contribution < -0.4 is 10.6 Å². The van der Waals surface area contributed by atoms with Crippen molar-refractivity contribution in [3.8, 4) is 11.4 Å². The molecule has 6 heteroatoms. The molecule has 2 aromatic rings. The summed E-state index contributed by atoms with van der Waals surface area (Å²) >= 11 is 0. The van der Waals surface area contributed by atoms with Crippen molar-refractivity contribution < 1.29 is 9.32 Å². The molecule has 1 heterocycles. The number of rotatable bonds is 7. The smallest absolute Gasteiger partial charge is 0.251 e. The summed E-state index contributed by atoms with van der Waals surface area (Å²) in [6.45, 7) is 7.88. The maximum Gasteiger partial charge on any atom is 0.251 e. The van der Waals surface area contributed by atoms with Gasteiger partial charge in [-0.25, -0.2) is 0 Å². The van der Waals surface area contributed by atoms with Crippen LogP contribution in [0.25, 0.3) is 11.4 Å². The first-order valence-electron chi connectivity index (χ1n) is 8.25. The minimum Gasteiger partial charge on any atom is -0.352 e. The SMILES string of the molecule is CNCCCNC(=O)c1cccc(-c2noc(CC(C)(C)C)n2)c1. The summed E-state index contributed by atoms with van der Waals surface area (Å²) in [5, 5.41) is 9.99. The van der Waals surface area contributed by atoms with Crippen molar-refractivity contribution >= 4 is 5.91 Å². The third-order valence-corrected chi connectivity index (χ3v) is 3.42. The molecule has 0 aliphatic rings. The molecule has 0 aliphatic heterocycles. The van der Waals surface area contributed by atoms with Crippen LogP contribution in [0.1, 0.15) is 43.4 Å². The largest absolute Gasteiger partial charge is 0.352 e. The average molecular weight is 330 g/mol. The van der Waals surface area contributed by atoms with E-state index in [-0.39, 0.29) is 11.3 Å². The van der Waals surface area contributed by atoms with Gasteiger partial charge in [-0.2, -0.15) is 4.98 Å². The van der Waals surface area contributed by atoms with Crippen molar-refractivity contribution in [2.24, 2.45) is 5.41 Å². The maximum absolute atomic E-state index is 12.2. The Labute approximate surface area is 143 Å². The highest BCUT2D eigenvalue weighted by molar-refractivity contribution is 5.95. The van der Waals surface area contributed by atoms with Crippen LogP contribution in [-0.4, -0.2) is 36.2 Å². The Bertz CT molecular complexity index is 674. The van der Waals surface area contributed by atoms with Gasteiger partial charge in [-0.05, 0) is 37.6 Å². The van der Waals surface area contributed by atoms with Gasteiger partial charge in [0, 0.05) is 24.1 Å². The van der Waals surface area contributed by atoms with Crippen LogP contribution >= 0.6 is 0 Å². The van der Waals surface area contributed by atoms with E-state index in [1.165, 1.54) is 0 Å². The van der Waals surface area contributed by atoms with Gasteiger partial charge in [0.25, 0.3) is 5.91 Å². The van der Waals surface area contributed by atoms with E-state index in [4.69, 9.17) is 4.52 Å². The Kier molecular flexibility index (Phi) is 6.09. The standard InChI is InChI=1S/C18H26N4O2/c1-18(2,3)12-15-21-16(22-24-15)13-7-5-8-14(11-13)17(23)20-10-6-9-19-4/h5,7-8,11,19H,6,9-10,12H2,1-4H3,(H,20,23). The Morgan fingerprint density at radius 3 is 2.75 bits per heavy atom. The fraction of sp³-hybridized carbons (Fsp3) is 0.500. The van der Waals surface area contributed by atoms with Crippen LogP contribution in [0.15, 0.2) is 28.8 Å². The zero-order chi connectivity index (χ0) is 17.6. The molecule has 24 heavy (non-hydrogen) atoms. The van der Waals surface area contributed by atoms with Crippen LogP contribution in [0, 0.1) is 5.41 Å². The predicted octanol–water partition coefficient (Wildman–Crippen LogP) is 2.66. The third kappa shape index (κ3) is 5.45. The molecular weight excluding hydrogens is 304 g/mol. The Morgan fingerprint density at radius 1 is 1.25 bits per heavy atom. The maximum atomic E-state index is 12.2. The lowest BCUT2D eigenvalue weighted by Gasteiger charge is -2.13. The van der Waals surface area contributed by atoms with Gasteiger partial charge in [-0.1, -0.05) is 38.1 Å². The second-order valence-electron chi connectivity index (χ2n) is 7.04. The van der Waals surface area contributed by atoms with Crippen molar-refractivity contribution in [2.45, 2.75) is 33.6 Å². The zero-order valence-electron chi connectivity index (χ0n) is 14.8. The van der Waals surface area contributed by atoms with Gasteiger partial charge < -0.3 is 15.2 Å². The first kappa shape index (κ1) is 18.1. The van der Waals surface area contributed by atoms with Crippen LogP contribution in [0.5, 0.6) is 0 Å². The summed E-state index contributed by atoms with van der Waals surface area (Å²) in [5.74, 6) is 1.03. The molecule has 2 rings (SSSR count). The van der Waals surface area contributed by atoms with Crippen molar-refractivity contribution in [3.05, 3.63) is 35.7 Å². The second kappa shape index (κ2) is 8.06. The molecule has 0 unspecified atom stereocenters. The quantitative estimate of drug-likeness (QED) is 0.763. The normalized spacial score (nSPS) is 11.5. The lowest BCUT2D eigenvalue weighted by Crippen LogP contribution is -2.26. The third-order valence-electron chi connectivity index (χ3n) is 3.42. The average Bonchev–Trinajstić information content (AvgIpc) is 2.98. The van der Waals surface area contributed by atoms with Gasteiger partial charge >= 0.3 is 0 Å². The molecule has 2 N–H and O–H groups in total. The summed E-state index contributed by atoms with van der Waals surface area (Å²) in [6, 6.07) is 7.29. The van der Waals surface area contributed by atoms with Crippen LogP contribution in [-0.2, 0) is 6.42 Å². The molecule has 130 valence electrons. The predicted molar refractivity (Wildman–Crippen MR) is 93.8 cm³/mol. The number of aromatic nitrogens is 2. The molecular formula is C18H26N4O2. The molecule has 1 aromatic heterocycles. The van der Waals surface area contributed by atoms with Gasteiger partial charge in [-0.15, -0.1) is 0 Å². The fourth-order valence-corrected chi connectivity index (χ4v) is 2.27. The first-order chi connectivity index (χ1) is 11.4. The molecule has 1 amide bonds. The molecule has 0 saturated carbocycles. The minimum atomic E-state index is -0.0913. The summed E-state index contributed by atoms with van der Waals surface area (Å²) < 4.78 is 5.32. The van der Waals surface area contributed by atoms with Gasteiger partial charge in [0.2, 0.25) is 11.7 Å². The highest BCUT2D eigenvalue weighted by atomic mass is 16.5. The van der Waals surface area contributed by atoms with E-state index in [9.17, 15) is 4.79 Å². The highest BCUT2D eigenvalue weighted by Crippen LogP contribution is 2.22. The first-order valence-corrected chi connectivity index (χ1v) is 8.25. The number of carbonyl (C=O) groups excluding carboxylic acids is 1. The molecule has 0 bridgehead atoms. The number of hydrogen-bond donors (Lipinski definition) is 2. The minimum absolute atomic E-state index is 0.0822. The summed E-state index contributed by atoms with van der Waals surface area (Å²) in [7, 11) is 1.89. The molecule has 1 aromatic carbocycles. The molecule has 0 aliphatic carbocycles. The lowest BCUT2D eigenvalue weighted by molar-refractivity contribution is 0.0953. The number of carbonyl (C=O) groups is 1. The fourth-order valence-electron chi connectivity index (χ4n) is 2.27. The Balaban J connectivity index is 2.06. The van der Waals surface area contributed by atoms with Gasteiger partial charge in [0.05, 0.1) is 0 Å². The number of benzene rings is 1. The molecule has 6 nitrogen and oxygen atoms in total. The van der Waals surface area contributed by atoms with E-state index in [0.29, 0.717) is 30.2 Å². The number of nitrogens with zero attached hydrogens (tertiary/aromatic N) is 2. The second-order valence-corrected chi connectivity index (χ2v) is 7.04. The Hall–Kier alpha value is -2.21. The monoisotopic (exact) mass is 330 g/mol. The van der Waals surface area contributed by atoms with Crippen LogP contribution in [0.3, 0.4) is 0 Å². The molecule has 0 radical (unpaired) electrons. The molecule has 0 atom stereocenters. The van der Waals surface area contributed by atoms with Crippen molar-refractivity contribution in [1.82, 2.24) is 20.8 Å². The van der Waals surface area contributed by atoms with Gasteiger partial charge in [0.1, 0.15) is 0 Å². The number of amides is 1. The lowest BCUT2D eigenvalue weighted by atomic mass is 9.92. The van der Waals surface area contributed by atoms with E-state index in [2.05, 4.69) is 41.5 Å². The summed E-state index contributed by atoms with van der Waals surface area (Å²) in [4.78, 5) is 16.6. The van der Waals surface area contributed by atoms with E-state index in [0.717, 1.165) is 18.5 Å². The summed E-state index contributed by atoms with van der Waals surface area (Å²) in [6.07, 6.45) is 1.61. The van der Waals surface area contributed by atoms with Crippen molar-refractivity contribution in [2.75, 3.05) is 20.1 Å². The van der Waals surface area contributed by atoms with Crippen LogP contribution in [0.4, 0.5) is 0 Å². The van der Waals surface area contributed by atoms with Gasteiger partial charge in [-0.3, -0.25) is 4.79 Å². The summed E-state index contributed by atoms with van der Waals surface area (Å²) in [5.41, 5.74) is 1.46. The molecule has 0 saturated heterocycles. The van der Waals surface area contributed by atoms with Crippen molar-refractivity contribution in [1.29, 1.82) is 0 Å². The number of nitrogens with one attached hydrogen (secondary N) is 2. The molecule has 0 spiro atoms. The van der Waals surface area contributed by atoms with E-state index in [1.54, 1.807) is 12.1 Å². The van der Waals surface area contributed by atoms with Crippen molar-refractivity contribution in [3.63, 3.8) is 0 Å². The Morgan fingerprint density at radius 2 is 2.04 bits per heavy atom. The highest BCUT2D eigenvalue weighted by Gasteiger charge is 2.17. The van der Waals surface area contributed by atoms with E-state index in [1.807, 2.05) is 19.2 Å². The number of hydrogen-bond acceptors (Lipinski definition) is 5. The topological polar surface area (TPSA) is 80.0 Å². The molecule has 0 fully saturated rings.